The van der Waals surface area contributed by atoms with Crippen molar-refractivity contribution < 1.29 is 14.3 Å². The predicted octanol–water partition coefficient (Wildman–Crippen LogP) is 2.39. The fourth-order valence-corrected chi connectivity index (χ4v) is 4.45. The fourth-order valence-electron chi connectivity index (χ4n) is 4.45. The monoisotopic (exact) mass is 432 g/mol. The van der Waals surface area contributed by atoms with E-state index in [1.165, 1.54) is 4.90 Å². The minimum absolute atomic E-state index is 0.157. The van der Waals surface area contributed by atoms with Crippen LogP contribution in [0.2, 0.25) is 0 Å². The highest BCUT2D eigenvalue weighted by Gasteiger charge is 2.43. The molecule has 32 heavy (non-hydrogen) atoms. The van der Waals surface area contributed by atoms with Crippen LogP contribution >= 0.6 is 0 Å². The van der Waals surface area contributed by atoms with Crippen LogP contribution in [0.3, 0.4) is 0 Å². The van der Waals surface area contributed by atoms with E-state index in [2.05, 4.69) is 25.1 Å². The van der Waals surface area contributed by atoms with Crippen molar-refractivity contribution in [3.63, 3.8) is 0 Å². The van der Waals surface area contributed by atoms with Crippen molar-refractivity contribution in [3.8, 4) is 17.3 Å². The number of carbonyl (C=O) groups excluding carboxylic acids is 2. The summed E-state index contributed by atoms with van der Waals surface area (Å²) in [4.78, 5) is 38.1. The minimum atomic E-state index is -0.413. The summed E-state index contributed by atoms with van der Waals surface area (Å²) in [6.07, 6.45) is 3.62. The number of hydrogen-bond donors (Lipinski definition) is 1. The average Bonchev–Trinajstić information content (AvgIpc) is 3.45. The van der Waals surface area contributed by atoms with Gasteiger partial charge in [0.25, 0.3) is 5.91 Å². The van der Waals surface area contributed by atoms with E-state index in [9.17, 15) is 9.59 Å². The van der Waals surface area contributed by atoms with E-state index in [0.717, 1.165) is 37.4 Å². The van der Waals surface area contributed by atoms with Gasteiger partial charge < -0.3 is 4.74 Å². The second-order valence-electron chi connectivity index (χ2n) is 8.05. The molecule has 0 spiro atoms. The lowest BCUT2D eigenvalue weighted by Crippen LogP contribution is -2.45. The third kappa shape index (κ3) is 3.75. The first-order chi connectivity index (χ1) is 15.6. The zero-order chi connectivity index (χ0) is 22.1. The molecule has 2 fully saturated rings. The number of imide groups is 1. The molecule has 2 aromatic heterocycles. The standard InChI is InChI=1S/C23H24N6O3/c1-32-17-7-5-16(6-8-17)29-20(30)14-19(23(29)31)28-12-9-15(10-13-28)21-25-22(27-26-21)18-4-2-3-11-24-18/h2-8,11,15,19H,9-10,12-14H2,1H3,(H,25,26,27). The molecule has 0 saturated carbocycles. The van der Waals surface area contributed by atoms with E-state index in [4.69, 9.17) is 4.74 Å². The van der Waals surface area contributed by atoms with Gasteiger partial charge in [-0.2, -0.15) is 5.10 Å². The molecule has 2 aliphatic heterocycles. The Morgan fingerprint density at radius 3 is 2.53 bits per heavy atom. The molecule has 0 bridgehead atoms. The van der Waals surface area contributed by atoms with Crippen molar-refractivity contribution in [2.24, 2.45) is 0 Å². The number of piperidine rings is 1. The lowest BCUT2D eigenvalue weighted by Gasteiger charge is -2.33. The summed E-state index contributed by atoms with van der Waals surface area (Å²) in [6, 6.07) is 12.2. The first-order valence-electron chi connectivity index (χ1n) is 10.7. The highest BCUT2D eigenvalue weighted by atomic mass is 16.5. The number of methoxy groups -OCH3 is 1. The topological polar surface area (TPSA) is 104 Å². The summed E-state index contributed by atoms with van der Waals surface area (Å²) in [5.74, 6) is 2.04. The maximum Gasteiger partial charge on any atom is 0.251 e. The van der Waals surface area contributed by atoms with Crippen LogP contribution in [0.15, 0.2) is 48.7 Å². The second kappa shape index (κ2) is 8.51. The molecule has 164 valence electrons. The van der Waals surface area contributed by atoms with Crippen molar-refractivity contribution in [1.29, 1.82) is 0 Å². The molecule has 1 unspecified atom stereocenters. The van der Waals surface area contributed by atoms with Gasteiger partial charge in [-0.05, 0) is 62.3 Å². The van der Waals surface area contributed by atoms with Gasteiger partial charge in [0.1, 0.15) is 17.3 Å². The number of anilines is 1. The van der Waals surface area contributed by atoms with Crippen LogP contribution in [0, 0.1) is 0 Å². The van der Waals surface area contributed by atoms with Crippen molar-refractivity contribution in [1.82, 2.24) is 25.1 Å². The molecule has 1 aromatic carbocycles. The Hall–Kier alpha value is -3.59. The Labute approximate surface area is 185 Å². The summed E-state index contributed by atoms with van der Waals surface area (Å²) in [6.45, 7) is 1.45. The smallest absolute Gasteiger partial charge is 0.251 e. The Kier molecular flexibility index (Phi) is 5.40. The Morgan fingerprint density at radius 2 is 1.84 bits per heavy atom. The number of hydrogen-bond acceptors (Lipinski definition) is 7. The van der Waals surface area contributed by atoms with Crippen LogP contribution in [0.1, 0.15) is 31.0 Å². The van der Waals surface area contributed by atoms with Crippen LogP contribution in [0.5, 0.6) is 5.75 Å². The molecular formula is C23H24N6O3. The fraction of sp³-hybridized carbons (Fsp3) is 0.348. The van der Waals surface area contributed by atoms with Crippen LogP contribution in [-0.2, 0) is 9.59 Å². The van der Waals surface area contributed by atoms with Crippen LogP contribution in [0.4, 0.5) is 5.69 Å². The summed E-state index contributed by atoms with van der Waals surface area (Å²) < 4.78 is 5.16. The zero-order valence-electron chi connectivity index (χ0n) is 17.8. The van der Waals surface area contributed by atoms with Gasteiger partial charge in [-0.25, -0.2) is 9.88 Å². The quantitative estimate of drug-likeness (QED) is 0.617. The van der Waals surface area contributed by atoms with E-state index in [0.29, 0.717) is 17.3 Å². The summed E-state index contributed by atoms with van der Waals surface area (Å²) in [7, 11) is 1.58. The number of ether oxygens (including phenoxy) is 1. The first-order valence-corrected chi connectivity index (χ1v) is 10.7. The molecule has 0 aliphatic carbocycles. The molecule has 5 rings (SSSR count). The van der Waals surface area contributed by atoms with Crippen LogP contribution in [0.25, 0.3) is 11.5 Å². The van der Waals surface area contributed by atoms with Gasteiger partial charge >= 0.3 is 0 Å². The molecule has 1 atom stereocenters. The molecule has 4 heterocycles. The summed E-state index contributed by atoms with van der Waals surface area (Å²) in [5, 5.41) is 7.36. The summed E-state index contributed by atoms with van der Waals surface area (Å²) >= 11 is 0. The number of H-pyrrole nitrogens is 1. The predicted molar refractivity (Wildman–Crippen MR) is 117 cm³/mol. The Morgan fingerprint density at radius 1 is 1.06 bits per heavy atom. The van der Waals surface area contributed by atoms with Gasteiger partial charge in [0.05, 0.1) is 25.3 Å². The van der Waals surface area contributed by atoms with Gasteiger partial charge in [-0.3, -0.25) is 24.6 Å². The van der Waals surface area contributed by atoms with Crippen LogP contribution in [-0.4, -0.2) is 63.1 Å². The van der Waals surface area contributed by atoms with E-state index in [1.54, 1.807) is 37.6 Å². The van der Waals surface area contributed by atoms with E-state index < -0.39 is 6.04 Å². The maximum absolute atomic E-state index is 13.1. The van der Waals surface area contributed by atoms with Gasteiger partial charge in [0.15, 0.2) is 5.82 Å². The zero-order valence-corrected chi connectivity index (χ0v) is 17.8. The molecule has 9 heteroatoms. The van der Waals surface area contributed by atoms with Crippen molar-refractivity contribution in [3.05, 3.63) is 54.5 Å². The normalized spacial score (nSPS) is 20.2. The van der Waals surface area contributed by atoms with Gasteiger partial charge in [-0.1, -0.05) is 6.07 Å². The molecule has 3 aromatic rings. The lowest BCUT2D eigenvalue weighted by molar-refractivity contribution is -0.123. The highest BCUT2D eigenvalue weighted by molar-refractivity contribution is 6.22. The molecule has 2 saturated heterocycles. The number of benzene rings is 1. The SMILES string of the molecule is COc1ccc(N2C(=O)CC(N3CCC(c4nc(-c5ccccn5)n[nH]4)CC3)C2=O)cc1. The van der Waals surface area contributed by atoms with Crippen molar-refractivity contribution >= 4 is 17.5 Å². The van der Waals surface area contributed by atoms with E-state index >= 15 is 0 Å². The Balaban J connectivity index is 1.23. The largest absolute Gasteiger partial charge is 0.497 e. The van der Waals surface area contributed by atoms with Gasteiger partial charge in [0, 0.05) is 12.1 Å². The molecule has 2 amide bonds. The third-order valence-electron chi connectivity index (χ3n) is 6.21. The lowest BCUT2D eigenvalue weighted by atomic mass is 9.95. The number of aromatic nitrogens is 4. The number of pyridine rings is 1. The highest BCUT2D eigenvalue weighted by Crippen LogP contribution is 2.32. The van der Waals surface area contributed by atoms with Crippen LogP contribution < -0.4 is 9.64 Å². The van der Waals surface area contributed by atoms with E-state index in [-0.39, 0.29) is 24.2 Å². The number of nitrogens with one attached hydrogen (secondary N) is 1. The third-order valence-corrected chi connectivity index (χ3v) is 6.21. The number of nitrogens with zero attached hydrogens (tertiary/aromatic N) is 5. The van der Waals surface area contributed by atoms with Crippen molar-refractivity contribution in [2.75, 3.05) is 25.1 Å². The first kappa shape index (κ1) is 20.3. The number of likely N-dealkylation sites (tertiary alicyclic amines) is 1. The van der Waals surface area contributed by atoms with E-state index in [1.807, 2.05) is 18.2 Å². The number of carbonyl (C=O) groups is 2. The molecular weight excluding hydrogens is 408 g/mol. The maximum atomic E-state index is 13.1. The number of rotatable bonds is 5. The molecule has 2 aliphatic rings. The average molecular weight is 432 g/mol. The molecule has 0 radical (unpaired) electrons. The van der Waals surface area contributed by atoms with Gasteiger partial charge in [0.2, 0.25) is 5.91 Å². The minimum Gasteiger partial charge on any atom is -0.497 e. The molecule has 1 N–H and O–H groups in total. The van der Waals surface area contributed by atoms with Gasteiger partial charge in [-0.15, -0.1) is 0 Å². The number of amides is 2. The number of aromatic amines is 1. The summed E-state index contributed by atoms with van der Waals surface area (Å²) in [5.41, 5.74) is 1.32. The Bertz CT molecular complexity index is 1110. The second-order valence-corrected chi connectivity index (χ2v) is 8.05. The van der Waals surface area contributed by atoms with Crippen molar-refractivity contribution in [2.45, 2.75) is 31.2 Å². The molecule has 9 nitrogen and oxygen atoms in total.